The molecule has 3 nitrogen and oxygen atoms in total. The van der Waals surface area contributed by atoms with E-state index < -0.39 is 0 Å². The lowest BCUT2D eigenvalue weighted by atomic mass is 9.72. The number of rotatable bonds is 8. The second-order valence-corrected chi connectivity index (χ2v) is 7.09. The molecule has 0 aromatic rings. The van der Waals surface area contributed by atoms with Crippen LogP contribution in [0.4, 0.5) is 0 Å². The third kappa shape index (κ3) is 5.34. The van der Waals surface area contributed by atoms with Crippen LogP contribution in [0.25, 0.3) is 0 Å². The Morgan fingerprint density at radius 2 is 1.95 bits per heavy atom. The first-order chi connectivity index (χ1) is 9.49. The smallest absolute Gasteiger partial charge is 0.0558 e. The van der Waals surface area contributed by atoms with E-state index >= 15 is 0 Å². The third-order valence-corrected chi connectivity index (χ3v) is 4.90. The average molecular weight is 284 g/mol. The van der Waals surface area contributed by atoms with Crippen LogP contribution < -0.4 is 5.32 Å². The first-order valence-electron chi connectivity index (χ1n) is 8.57. The highest BCUT2D eigenvalue weighted by atomic mass is 16.3. The van der Waals surface area contributed by atoms with Crippen molar-refractivity contribution in [2.24, 2.45) is 17.8 Å². The van der Waals surface area contributed by atoms with Crippen LogP contribution in [0, 0.1) is 17.8 Å². The molecule has 0 bridgehead atoms. The summed E-state index contributed by atoms with van der Waals surface area (Å²) < 4.78 is 0. The van der Waals surface area contributed by atoms with Gasteiger partial charge in [-0.2, -0.15) is 0 Å². The van der Waals surface area contributed by atoms with Crippen LogP contribution in [0.2, 0.25) is 0 Å². The van der Waals surface area contributed by atoms with Gasteiger partial charge >= 0.3 is 0 Å². The largest absolute Gasteiger partial charge is 0.395 e. The molecule has 1 saturated carbocycles. The van der Waals surface area contributed by atoms with Gasteiger partial charge in [0.1, 0.15) is 0 Å². The van der Waals surface area contributed by atoms with E-state index in [4.69, 9.17) is 0 Å². The summed E-state index contributed by atoms with van der Waals surface area (Å²) in [6.07, 6.45) is 3.86. The number of aliphatic hydroxyl groups excluding tert-OH is 1. The molecule has 2 N–H and O–H groups in total. The fourth-order valence-corrected chi connectivity index (χ4v) is 3.74. The Hall–Kier alpha value is -0.120. The summed E-state index contributed by atoms with van der Waals surface area (Å²) in [6, 6.07) is 1.16. The predicted octanol–water partition coefficient (Wildman–Crippen LogP) is 2.74. The number of hydrogen-bond donors (Lipinski definition) is 2. The summed E-state index contributed by atoms with van der Waals surface area (Å²) in [5.74, 6) is 2.32. The molecule has 4 atom stereocenters. The van der Waals surface area contributed by atoms with Crippen LogP contribution in [0.1, 0.15) is 53.9 Å². The molecular formula is C17H36N2O. The zero-order valence-electron chi connectivity index (χ0n) is 14.2. The van der Waals surface area contributed by atoms with Crippen molar-refractivity contribution in [1.29, 1.82) is 0 Å². The van der Waals surface area contributed by atoms with Gasteiger partial charge < -0.3 is 10.4 Å². The minimum atomic E-state index is 0.267. The molecule has 4 unspecified atom stereocenters. The zero-order chi connectivity index (χ0) is 15.1. The van der Waals surface area contributed by atoms with Gasteiger partial charge in [0, 0.05) is 25.2 Å². The highest BCUT2D eigenvalue weighted by molar-refractivity contribution is 4.89. The van der Waals surface area contributed by atoms with Gasteiger partial charge in [0.05, 0.1) is 6.61 Å². The first kappa shape index (κ1) is 17.9. The molecule has 1 rings (SSSR count). The average Bonchev–Trinajstić information content (AvgIpc) is 2.38. The highest BCUT2D eigenvalue weighted by Crippen LogP contribution is 2.34. The molecule has 1 fully saturated rings. The van der Waals surface area contributed by atoms with Crippen molar-refractivity contribution in [2.45, 2.75) is 66.0 Å². The SMILES string of the molecule is CCCNC1CC(C)CC(C)C1CN(CCO)C(C)C. The Kier molecular flexibility index (Phi) is 8.08. The van der Waals surface area contributed by atoms with Gasteiger partial charge in [-0.25, -0.2) is 0 Å². The van der Waals surface area contributed by atoms with Gasteiger partial charge in [0.2, 0.25) is 0 Å². The lowest BCUT2D eigenvalue weighted by molar-refractivity contribution is 0.0758. The molecule has 1 aliphatic rings. The van der Waals surface area contributed by atoms with Gasteiger partial charge in [-0.1, -0.05) is 20.8 Å². The predicted molar refractivity (Wildman–Crippen MR) is 86.9 cm³/mol. The Bertz CT molecular complexity index is 257. The first-order valence-corrected chi connectivity index (χ1v) is 8.57. The fourth-order valence-electron chi connectivity index (χ4n) is 3.74. The Labute approximate surface area is 126 Å². The Morgan fingerprint density at radius 3 is 2.50 bits per heavy atom. The van der Waals surface area contributed by atoms with E-state index in [0.717, 1.165) is 31.5 Å². The van der Waals surface area contributed by atoms with Crippen LogP contribution in [-0.4, -0.2) is 48.3 Å². The van der Waals surface area contributed by atoms with E-state index in [1.54, 1.807) is 0 Å². The molecule has 0 saturated heterocycles. The standard InChI is InChI=1S/C17H36N2O/c1-6-7-18-17-11-14(4)10-15(5)16(17)12-19(8-9-20)13(2)3/h13-18,20H,6-12H2,1-5H3. The van der Waals surface area contributed by atoms with Crippen molar-refractivity contribution in [3.63, 3.8) is 0 Å². The normalized spacial score (nSPS) is 31.2. The maximum atomic E-state index is 9.27. The summed E-state index contributed by atoms with van der Waals surface area (Å²) in [5.41, 5.74) is 0. The minimum absolute atomic E-state index is 0.267. The molecule has 0 heterocycles. The van der Waals surface area contributed by atoms with Crippen LogP contribution >= 0.6 is 0 Å². The van der Waals surface area contributed by atoms with Crippen molar-refractivity contribution in [2.75, 3.05) is 26.2 Å². The summed E-state index contributed by atoms with van der Waals surface area (Å²) in [7, 11) is 0. The second-order valence-electron chi connectivity index (χ2n) is 7.09. The number of nitrogens with zero attached hydrogens (tertiary/aromatic N) is 1. The topological polar surface area (TPSA) is 35.5 Å². The Morgan fingerprint density at radius 1 is 1.25 bits per heavy atom. The molecule has 0 aromatic carbocycles. The van der Waals surface area contributed by atoms with E-state index in [0.29, 0.717) is 18.0 Å². The van der Waals surface area contributed by atoms with Crippen LogP contribution in [0.3, 0.4) is 0 Å². The van der Waals surface area contributed by atoms with Gasteiger partial charge in [0.25, 0.3) is 0 Å². The van der Waals surface area contributed by atoms with Crippen LogP contribution in [-0.2, 0) is 0 Å². The number of aliphatic hydroxyl groups is 1. The Balaban J connectivity index is 2.68. The molecular weight excluding hydrogens is 248 g/mol. The molecule has 1 aliphatic carbocycles. The molecule has 0 radical (unpaired) electrons. The molecule has 20 heavy (non-hydrogen) atoms. The van der Waals surface area contributed by atoms with Gasteiger partial charge in [-0.15, -0.1) is 0 Å². The van der Waals surface area contributed by atoms with Gasteiger partial charge in [0.15, 0.2) is 0 Å². The summed E-state index contributed by atoms with van der Waals surface area (Å²) in [6.45, 7) is 14.8. The lowest BCUT2D eigenvalue weighted by Gasteiger charge is -2.43. The van der Waals surface area contributed by atoms with Gasteiger partial charge in [-0.3, -0.25) is 4.90 Å². The van der Waals surface area contributed by atoms with Crippen molar-refractivity contribution in [1.82, 2.24) is 10.2 Å². The molecule has 0 aliphatic heterocycles. The van der Waals surface area contributed by atoms with E-state index in [1.807, 2.05) is 0 Å². The molecule has 0 amide bonds. The zero-order valence-corrected chi connectivity index (χ0v) is 14.2. The second kappa shape index (κ2) is 9.01. The monoisotopic (exact) mass is 284 g/mol. The molecule has 0 spiro atoms. The van der Waals surface area contributed by atoms with Crippen molar-refractivity contribution in [3.8, 4) is 0 Å². The number of nitrogens with one attached hydrogen (secondary N) is 1. The molecule has 120 valence electrons. The quantitative estimate of drug-likeness (QED) is 0.719. The van der Waals surface area contributed by atoms with E-state index in [1.165, 1.54) is 19.3 Å². The lowest BCUT2D eigenvalue weighted by Crippen LogP contribution is -2.50. The fraction of sp³-hybridized carbons (Fsp3) is 1.00. The van der Waals surface area contributed by atoms with Crippen LogP contribution in [0.5, 0.6) is 0 Å². The maximum Gasteiger partial charge on any atom is 0.0558 e. The molecule has 3 heteroatoms. The van der Waals surface area contributed by atoms with Crippen molar-refractivity contribution in [3.05, 3.63) is 0 Å². The van der Waals surface area contributed by atoms with E-state index in [9.17, 15) is 5.11 Å². The van der Waals surface area contributed by atoms with Gasteiger partial charge in [-0.05, 0) is 57.4 Å². The summed E-state index contributed by atoms with van der Waals surface area (Å²) in [5, 5.41) is 13.1. The van der Waals surface area contributed by atoms with Crippen LogP contribution in [0.15, 0.2) is 0 Å². The van der Waals surface area contributed by atoms with Crippen molar-refractivity contribution < 1.29 is 5.11 Å². The summed E-state index contributed by atoms with van der Waals surface area (Å²) >= 11 is 0. The third-order valence-electron chi connectivity index (χ3n) is 4.90. The van der Waals surface area contributed by atoms with E-state index in [2.05, 4.69) is 44.8 Å². The highest BCUT2D eigenvalue weighted by Gasteiger charge is 2.34. The summed E-state index contributed by atoms with van der Waals surface area (Å²) in [4.78, 5) is 2.44. The van der Waals surface area contributed by atoms with Crippen molar-refractivity contribution >= 4 is 0 Å². The molecule has 0 aromatic heterocycles. The maximum absolute atomic E-state index is 9.27. The minimum Gasteiger partial charge on any atom is -0.395 e. The van der Waals surface area contributed by atoms with E-state index in [-0.39, 0.29) is 6.61 Å². The number of hydrogen-bond acceptors (Lipinski definition) is 3.